The molecule has 2 aromatic rings. The number of hydrogen-bond donors (Lipinski definition) is 1. The van der Waals surface area contributed by atoms with Gasteiger partial charge < -0.3 is 14.8 Å². The van der Waals surface area contributed by atoms with E-state index >= 15 is 0 Å². The number of rotatable bonds is 1. The standard InChI is InChI=1S/C16H14ClF2N3O2/c1-21-4-7-5-22(6-8(7)15(21)23)16(24)14-13(19)11-10(20-14)3-2-9(18)12(11)17/h2-3,7-8,20H,4-6H2,1H3/t7-,8+/m1/s1. The Bertz CT molecular complexity index is 882. The van der Waals surface area contributed by atoms with Crippen LogP contribution in [0.3, 0.4) is 0 Å². The van der Waals surface area contributed by atoms with Gasteiger partial charge in [0.15, 0.2) is 5.82 Å². The molecular formula is C16H14ClF2N3O2. The molecule has 1 aromatic heterocycles. The molecular weight excluding hydrogens is 340 g/mol. The molecule has 0 aliphatic carbocycles. The molecule has 2 atom stereocenters. The highest BCUT2D eigenvalue weighted by Gasteiger charge is 2.46. The topological polar surface area (TPSA) is 56.4 Å². The fourth-order valence-corrected chi connectivity index (χ4v) is 3.96. The van der Waals surface area contributed by atoms with Crippen molar-refractivity contribution in [2.75, 3.05) is 26.7 Å². The van der Waals surface area contributed by atoms with Crippen molar-refractivity contribution < 1.29 is 18.4 Å². The highest BCUT2D eigenvalue weighted by Crippen LogP contribution is 2.34. The molecule has 1 N–H and O–H groups in total. The minimum Gasteiger partial charge on any atom is -0.348 e. The van der Waals surface area contributed by atoms with Crippen LogP contribution in [0.2, 0.25) is 5.02 Å². The highest BCUT2D eigenvalue weighted by molar-refractivity contribution is 6.35. The van der Waals surface area contributed by atoms with Crippen LogP contribution >= 0.6 is 11.6 Å². The normalized spacial score (nSPS) is 23.4. The number of aromatic amines is 1. The van der Waals surface area contributed by atoms with Crippen LogP contribution < -0.4 is 0 Å². The number of aromatic nitrogens is 1. The number of carbonyl (C=O) groups excluding carboxylic acids is 2. The predicted molar refractivity (Wildman–Crippen MR) is 83.7 cm³/mol. The van der Waals surface area contributed by atoms with Crippen molar-refractivity contribution in [3.63, 3.8) is 0 Å². The second-order valence-electron chi connectivity index (χ2n) is 6.39. The minimum atomic E-state index is -0.861. The molecule has 2 saturated heterocycles. The third-order valence-corrected chi connectivity index (χ3v) is 5.31. The number of benzene rings is 1. The summed E-state index contributed by atoms with van der Waals surface area (Å²) in [5.41, 5.74) is 0.00993. The quantitative estimate of drug-likeness (QED) is 0.855. The molecule has 0 spiro atoms. The highest BCUT2D eigenvalue weighted by atomic mass is 35.5. The van der Waals surface area contributed by atoms with Gasteiger partial charge in [0.1, 0.15) is 11.5 Å². The Morgan fingerprint density at radius 2 is 2.04 bits per heavy atom. The lowest BCUT2D eigenvalue weighted by molar-refractivity contribution is -0.129. The van der Waals surface area contributed by atoms with Gasteiger partial charge in [-0.3, -0.25) is 9.59 Å². The maximum atomic E-state index is 14.6. The summed E-state index contributed by atoms with van der Waals surface area (Å²) in [5, 5.41) is -0.481. The number of likely N-dealkylation sites (tertiary alicyclic amines) is 2. The zero-order valence-corrected chi connectivity index (χ0v) is 13.5. The lowest BCUT2D eigenvalue weighted by atomic mass is 10.0. The summed E-state index contributed by atoms with van der Waals surface area (Å²) in [6.07, 6.45) is 0. The largest absolute Gasteiger partial charge is 0.348 e. The molecule has 2 aliphatic heterocycles. The molecule has 3 heterocycles. The van der Waals surface area contributed by atoms with Gasteiger partial charge in [-0.1, -0.05) is 11.6 Å². The molecule has 2 aliphatic rings. The van der Waals surface area contributed by atoms with E-state index in [4.69, 9.17) is 11.6 Å². The first-order valence-electron chi connectivity index (χ1n) is 7.58. The Morgan fingerprint density at radius 3 is 2.75 bits per heavy atom. The van der Waals surface area contributed by atoms with Crippen LogP contribution in [0.15, 0.2) is 12.1 Å². The van der Waals surface area contributed by atoms with E-state index in [0.29, 0.717) is 13.1 Å². The Labute approximate surface area is 141 Å². The van der Waals surface area contributed by atoms with E-state index in [1.807, 2.05) is 0 Å². The summed E-state index contributed by atoms with van der Waals surface area (Å²) in [7, 11) is 1.74. The zero-order valence-electron chi connectivity index (χ0n) is 12.8. The maximum absolute atomic E-state index is 14.6. The molecule has 126 valence electrons. The van der Waals surface area contributed by atoms with E-state index in [1.54, 1.807) is 11.9 Å². The van der Waals surface area contributed by atoms with Crippen molar-refractivity contribution >= 4 is 34.3 Å². The number of nitrogens with zero attached hydrogens (tertiary/aromatic N) is 2. The van der Waals surface area contributed by atoms with E-state index < -0.39 is 17.5 Å². The van der Waals surface area contributed by atoms with Crippen molar-refractivity contribution in [1.82, 2.24) is 14.8 Å². The van der Waals surface area contributed by atoms with E-state index in [2.05, 4.69) is 4.98 Å². The van der Waals surface area contributed by atoms with Crippen molar-refractivity contribution in [1.29, 1.82) is 0 Å². The smallest absolute Gasteiger partial charge is 0.273 e. The molecule has 0 bridgehead atoms. The Hall–Kier alpha value is -2.15. The van der Waals surface area contributed by atoms with Crippen molar-refractivity contribution in [2.45, 2.75) is 0 Å². The molecule has 2 fully saturated rings. The van der Waals surface area contributed by atoms with E-state index in [0.717, 1.165) is 6.07 Å². The van der Waals surface area contributed by atoms with Gasteiger partial charge in [-0.2, -0.15) is 0 Å². The molecule has 2 amide bonds. The van der Waals surface area contributed by atoms with Gasteiger partial charge in [0.05, 0.1) is 21.8 Å². The minimum absolute atomic E-state index is 0.0116. The van der Waals surface area contributed by atoms with Crippen LogP contribution in [0.5, 0.6) is 0 Å². The first-order chi connectivity index (χ1) is 11.4. The van der Waals surface area contributed by atoms with Crippen molar-refractivity contribution in [3.8, 4) is 0 Å². The number of nitrogens with one attached hydrogen (secondary N) is 1. The van der Waals surface area contributed by atoms with Gasteiger partial charge in [0.25, 0.3) is 5.91 Å². The van der Waals surface area contributed by atoms with Crippen LogP contribution in [0, 0.1) is 23.5 Å². The van der Waals surface area contributed by atoms with E-state index in [9.17, 15) is 18.4 Å². The van der Waals surface area contributed by atoms with Crippen LogP contribution in [0.25, 0.3) is 10.9 Å². The van der Waals surface area contributed by atoms with Crippen LogP contribution in [-0.2, 0) is 4.79 Å². The Kier molecular flexibility index (Phi) is 3.32. The molecule has 5 nitrogen and oxygen atoms in total. The van der Waals surface area contributed by atoms with Gasteiger partial charge >= 0.3 is 0 Å². The molecule has 1 aromatic carbocycles. The average molecular weight is 354 g/mol. The lowest BCUT2D eigenvalue weighted by Gasteiger charge is -2.18. The maximum Gasteiger partial charge on any atom is 0.273 e. The monoisotopic (exact) mass is 353 g/mol. The third-order valence-electron chi connectivity index (χ3n) is 4.94. The second-order valence-corrected chi connectivity index (χ2v) is 6.77. The van der Waals surface area contributed by atoms with E-state index in [-0.39, 0.29) is 45.9 Å². The van der Waals surface area contributed by atoms with Crippen LogP contribution in [-0.4, -0.2) is 53.3 Å². The summed E-state index contributed by atoms with van der Waals surface area (Å²) in [6.45, 7) is 1.26. The molecule has 0 radical (unpaired) electrons. The number of carbonyl (C=O) groups is 2. The zero-order chi connectivity index (χ0) is 17.2. The average Bonchev–Trinajstić information content (AvgIpc) is 3.18. The van der Waals surface area contributed by atoms with Gasteiger partial charge in [-0.05, 0) is 12.1 Å². The van der Waals surface area contributed by atoms with Crippen molar-refractivity contribution in [2.24, 2.45) is 11.8 Å². The first-order valence-corrected chi connectivity index (χ1v) is 7.95. The summed E-state index contributed by atoms with van der Waals surface area (Å²) in [4.78, 5) is 30.5. The molecule has 8 heteroatoms. The number of hydrogen-bond acceptors (Lipinski definition) is 2. The predicted octanol–water partition coefficient (Wildman–Crippen LogP) is 2.26. The van der Waals surface area contributed by atoms with Crippen molar-refractivity contribution in [3.05, 3.63) is 34.5 Å². The van der Waals surface area contributed by atoms with Gasteiger partial charge in [0, 0.05) is 32.6 Å². The van der Waals surface area contributed by atoms with E-state index in [1.165, 1.54) is 11.0 Å². The Balaban J connectivity index is 1.67. The van der Waals surface area contributed by atoms with Gasteiger partial charge in [-0.15, -0.1) is 0 Å². The lowest BCUT2D eigenvalue weighted by Crippen LogP contribution is -2.34. The number of halogens is 3. The SMILES string of the molecule is CN1C[C@@H]2CN(C(=O)c3[nH]c4ccc(F)c(Cl)c4c3F)C[C@@H]2C1=O. The third kappa shape index (κ3) is 2.04. The molecule has 0 unspecified atom stereocenters. The first kappa shape index (κ1) is 15.4. The Morgan fingerprint density at radius 1 is 1.29 bits per heavy atom. The van der Waals surface area contributed by atoms with Crippen LogP contribution in [0.4, 0.5) is 8.78 Å². The summed E-state index contributed by atoms with van der Waals surface area (Å²) < 4.78 is 28.1. The summed E-state index contributed by atoms with van der Waals surface area (Å²) in [6, 6.07) is 2.46. The molecule has 4 rings (SSSR count). The fraction of sp³-hybridized carbons (Fsp3) is 0.375. The molecule has 0 saturated carbocycles. The molecule has 24 heavy (non-hydrogen) atoms. The summed E-state index contributed by atoms with van der Waals surface area (Å²) in [5.74, 6) is -2.29. The number of H-pyrrole nitrogens is 1. The second kappa shape index (κ2) is 5.17. The summed E-state index contributed by atoms with van der Waals surface area (Å²) >= 11 is 5.81. The number of amides is 2. The van der Waals surface area contributed by atoms with Gasteiger partial charge in [-0.25, -0.2) is 8.78 Å². The number of fused-ring (bicyclic) bond motifs is 2. The fourth-order valence-electron chi connectivity index (χ4n) is 3.72. The van der Waals surface area contributed by atoms with Crippen LogP contribution in [0.1, 0.15) is 10.5 Å². The van der Waals surface area contributed by atoms with Gasteiger partial charge in [0.2, 0.25) is 5.91 Å².